The summed E-state index contributed by atoms with van der Waals surface area (Å²) in [6, 6.07) is 21.8. The van der Waals surface area contributed by atoms with Gasteiger partial charge >= 0.3 is 0 Å². The molecule has 0 fully saturated rings. The summed E-state index contributed by atoms with van der Waals surface area (Å²) in [7, 11) is 0. The predicted octanol–water partition coefficient (Wildman–Crippen LogP) is 4.81. The number of hydrogen-bond donors (Lipinski definition) is 1. The monoisotopic (exact) mass is 440 g/mol. The van der Waals surface area contributed by atoms with Gasteiger partial charge in [-0.2, -0.15) is 5.10 Å². The Labute approximate surface area is 183 Å². The van der Waals surface area contributed by atoms with Crippen LogP contribution in [0.5, 0.6) is 5.75 Å². The van der Waals surface area contributed by atoms with Crippen molar-refractivity contribution >= 4 is 34.0 Å². The summed E-state index contributed by atoms with van der Waals surface area (Å²) < 4.78 is 6.86. The third kappa shape index (κ3) is 4.33. The fourth-order valence-electron chi connectivity index (χ4n) is 3.19. The molecule has 1 heterocycles. The number of aliphatic hydroxyl groups is 1. The summed E-state index contributed by atoms with van der Waals surface area (Å²) in [5.41, 5.74) is 1.29. The maximum Gasteiger partial charge on any atom is 0.274 e. The lowest BCUT2D eigenvalue weighted by Crippen LogP contribution is -2.32. The van der Waals surface area contributed by atoms with Gasteiger partial charge in [0.25, 0.3) is 5.56 Å². The maximum atomic E-state index is 12.9. The zero-order valence-electron chi connectivity index (χ0n) is 15.8. The Morgan fingerprint density at radius 1 is 0.967 bits per heavy atom. The molecule has 0 unspecified atom stereocenters. The van der Waals surface area contributed by atoms with E-state index in [1.165, 1.54) is 4.68 Å². The van der Waals surface area contributed by atoms with E-state index in [9.17, 15) is 9.90 Å². The van der Waals surface area contributed by atoms with E-state index in [-0.39, 0.29) is 18.7 Å². The molecule has 1 N–H and O–H groups in total. The summed E-state index contributed by atoms with van der Waals surface area (Å²) >= 11 is 12.0. The molecular weight excluding hydrogens is 423 g/mol. The van der Waals surface area contributed by atoms with Gasteiger partial charge in [-0.05, 0) is 18.2 Å². The van der Waals surface area contributed by atoms with Crippen LogP contribution in [0.1, 0.15) is 0 Å². The Kier molecular flexibility index (Phi) is 6.04. The van der Waals surface area contributed by atoms with Crippen LogP contribution in [0.4, 0.5) is 0 Å². The van der Waals surface area contributed by atoms with Gasteiger partial charge in [0.2, 0.25) is 0 Å². The Balaban J connectivity index is 1.63. The molecule has 3 aromatic carbocycles. The van der Waals surface area contributed by atoms with Crippen molar-refractivity contribution in [3.8, 4) is 17.0 Å². The summed E-state index contributed by atoms with van der Waals surface area (Å²) in [5.74, 6) is 0.368. The number of ether oxygens (including phenoxy) is 1. The minimum Gasteiger partial charge on any atom is -0.489 e. The molecule has 0 saturated carbocycles. The molecule has 0 amide bonds. The van der Waals surface area contributed by atoms with Crippen LogP contribution in [0.25, 0.3) is 22.0 Å². The highest BCUT2D eigenvalue weighted by molar-refractivity contribution is 6.34. The van der Waals surface area contributed by atoms with Crippen LogP contribution in [0.2, 0.25) is 10.0 Å². The van der Waals surface area contributed by atoms with Gasteiger partial charge in [-0.15, -0.1) is 0 Å². The first kappa shape index (κ1) is 20.4. The Hall–Kier alpha value is -2.86. The van der Waals surface area contributed by atoms with Gasteiger partial charge in [0.1, 0.15) is 18.5 Å². The van der Waals surface area contributed by atoms with Crippen LogP contribution in [-0.2, 0) is 6.54 Å². The second-order valence-corrected chi connectivity index (χ2v) is 7.63. The average molecular weight is 441 g/mol. The first-order chi connectivity index (χ1) is 14.5. The lowest BCUT2D eigenvalue weighted by Gasteiger charge is -2.16. The molecular formula is C23H18Cl2N2O3. The topological polar surface area (TPSA) is 64.4 Å². The zero-order chi connectivity index (χ0) is 21.1. The number of rotatable bonds is 6. The van der Waals surface area contributed by atoms with Crippen molar-refractivity contribution < 1.29 is 9.84 Å². The lowest BCUT2D eigenvalue weighted by molar-refractivity contribution is 0.0883. The fraction of sp³-hybridized carbons (Fsp3) is 0.130. The fourth-order valence-corrected chi connectivity index (χ4v) is 3.53. The van der Waals surface area contributed by atoms with Gasteiger partial charge in [-0.25, -0.2) is 4.68 Å². The van der Waals surface area contributed by atoms with Gasteiger partial charge in [-0.1, -0.05) is 71.7 Å². The number of halogens is 2. The van der Waals surface area contributed by atoms with Crippen LogP contribution in [-0.4, -0.2) is 27.6 Å². The van der Waals surface area contributed by atoms with E-state index < -0.39 is 6.10 Å². The third-order valence-corrected chi connectivity index (χ3v) is 5.17. The molecule has 0 aliphatic heterocycles. The summed E-state index contributed by atoms with van der Waals surface area (Å²) in [5, 5.41) is 17.2. The molecule has 0 saturated heterocycles. The summed E-state index contributed by atoms with van der Waals surface area (Å²) in [6.45, 7) is -0.0939. The van der Waals surface area contributed by atoms with Crippen molar-refractivity contribution in [2.75, 3.05) is 6.61 Å². The van der Waals surface area contributed by atoms with Crippen LogP contribution >= 0.6 is 23.2 Å². The summed E-state index contributed by atoms with van der Waals surface area (Å²) in [6.07, 6.45) is -0.977. The highest BCUT2D eigenvalue weighted by Gasteiger charge is 2.15. The van der Waals surface area contributed by atoms with E-state index in [0.717, 1.165) is 10.9 Å². The van der Waals surface area contributed by atoms with Gasteiger partial charge in [0, 0.05) is 22.0 Å². The Morgan fingerprint density at radius 2 is 1.67 bits per heavy atom. The zero-order valence-corrected chi connectivity index (χ0v) is 17.3. The van der Waals surface area contributed by atoms with Crippen LogP contribution < -0.4 is 10.3 Å². The van der Waals surface area contributed by atoms with Crippen molar-refractivity contribution in [2.45, 2.75) is 12.6 Å². The van der Waals surface area contributed by atoms with Gasteiger partial charge in [0.15, 0.2) is 0 Å². The molecule has 0 aliphatic carbocycles. The van der Waals surface area contributed by atoms with Gasteiger partial charge < -0.3 is 9.84 Å². The van der Waals surface area contributed by atoms with E-state index >= 15 is 0 Å². The minimum atomic E-state index is -0.977. The Bertz CT molecular complexity index is 1240. The van der Waals surface area contributed by atoms with E-state index in [4.69, 9.17) is 27.9 Å². The number of hydrogen-bond acceptors (Lipinski definition) is 4. The van der Waals surface area contributed by atoms with E-state index in [0.29, 0.717) is 26.9 Å². The van der Waals surface area contributed by atoms with Crippen molar-refractivity contribution in [3.05, 3.63) is 93.2 Å². The smallest absolute Gasteiger partial charge is 0.274 e. The Morgan fingerprint density at radius 3 is 2.43 bits per heavy atom. The van der Waals surface area contributed by atoms with Crippen LogP contribution in [0.3, 0.4) is 0 Å². The molecule has 0 aliphatic rings. The standard InChI is InChI=1S/C23H18Cl2N2O3/c24-16-10-11-20(25)21(12-16)30-14-17(28)13-27-23(29)19-9-5-4-8-18(19)22(26-27)15-6-2-1-3-7-15/h1-12,17,28H,13-14H2/t17-/m0/s1. The number of nitrogens with zero attached hydrogens (tertiary/aromatic N) is 2. The molecule has 30 heavy (non-hydrogen) atoms. The normalized spacial score (nSPS) is 12.1. The first-order valence-corrected chi connectivity index (χ1v) is 10.1. The summed E-state index contributed by atoms with van der Waals surface area (Å²) in [4.78, 5) is 12.9. The number of aliphatic hydroxyl groups excluding tert-OH is 1. The number of aromatic nitrogens is 2. The molecule has 0 spiro atoms. The van der Waals surface area contributed by atoms with Crippen LogP contribution in [0.15, 0.2) is 77.6 Å². The molecule has 0 bridgehead atoms. The van der Waals surface area contributed by atoms with Crippen molar-refractivity contribution in [1.29, 1.82) is 0 Å². The molecule has 7 heteroatoms. The SMILES string of the molecule is O=c1c2ccccc2c(-c2ccccc2)nn1C[C@H](O)COc1cc(Cl)ccc1Cl. The highest BCUT2D eigenvalue weighted by atomic mass is 35.5. The quantitative estimate of drug-likeness (QED) is 0.467. The van der Waals surface area contributed by atoms with E-state index in [1.807, 2.05) is 48.5 Å². The van der Waals surface area contributed by atoms with Gasteiger partial charge in [-0.3, -0.25) is 4.79 Å². The minimum absolute atomic E-state index is 0.0261. The predicted molar refractivity (Wildman–Crippen MR) is 119 cm³/mol. The van der Waals surface area contributed by atoms with E-state index in [1.54, 1.807) is 24.3 Å². The molecule has 0 radical (unpaired) electrons. The number of benzene rings is 3. The van der Waals surface area contributed by atoms with Crippen LogP contribution in [0, 0.1) is 0 Å². The molecule has 1 atom stereocenters. The van der Waals surface area contributed by atoms with Crippen molar-refractivity contribution in [2.24, 2.45) is 0 Å². The molecule has 152 valence electrons. The largest absolute Gasteiger partial charge is 0.489 e. The second-order valence-electron chi connectivity index (χ2n) is 6.79. The average Bonchev–Trinajstić information content (AvgIpc) is 2.77. The molecule has 4 aromatic rings. The van der Waals surface area contributed by atoms with Crippen molar-refractivity contribution in [1.82, 2.24) is 9.78 Å². The van der Waals surface area contributed by atoms with Crippen molar-refractivity contribution in [3.63, 3.8) is 0 Å². The molecule has 1 aromatic heterocycles. The maximum absolute atomic E-state index is 12.9. The first-order valence-electron chi connectivity index (χ1n) is 9.34. The van der Waals surface area contributed by atoms with E-state index in [2.05, 4.69) is 5.10 Å². The highest BCUT2D eigenvalue weighted by Crippen LogP contribution is 2.28. The lowest BCUT2D eigenvalue weighted by atomic mass is 10.1. The third-order valence-electron chi connectivity index (χ3n) is 4.62. The van der Waals surface area contributed by atoms with Gasteiger partial charge in [0.05, 0.1) is 22.6 Å². The molecule has 5 nitrogen and oxygen atoms in total. The molecule has 4 rings (SSSR count). The second kappa shape index (κ2) is 8.88. The number of fused-ring (bicyclic) bond motifs is 1.